The lowest BCUT2D eigenvalue weighted by atomic mass is 9.84. The molecule has 1 aromatic heterocycles. The molecule has 3 fully saturated rings. The number of aryl methyl sites for hydroxylation is 1. The van der Waals surface area contributed by atoms with E-state index < -0.39 is 5.91 Å². The van der Waals surface area contributed by atoms with Gasteiger partial charge in [-0.2, -0.15) is 4.99 Å². The summed E-state index contributed by atoms with van der Waals surface area (Å²) in [6.07, 6.45) is 8.50. The third kappa shape index (κ3) is 4.06. The molecule has 1 aromatic rings. The Morgan fingerprint density at radius 3 is 2.57 bits per heavy atom. The molecule has 1 saturated carbocycles. The molecule has 1 spiro atoms. The van der Waals surface area contributed by atoms with Crippen LogP contribution >= 0.6 is 0 Å². The fourth-order valence-electron chi connectivity index (χ4n) is 4.74. The molecule has 2 aliphatic heterocycles. The van der Waals surface area contributed by atoms with E-state index in [-0.39, 0.29) is 22.9 Å². The summed E-state index contributed by atoms with van der Waals surface area (Å²) in [6, 6.07) is 0. The van der Waals surface area contributed by atoms with Gasteiger partial charge in [0.25, 0.3) is 0 Å². The SMILES string of the molecule is C=C(C1CCCCC1)N1CCC2(CC1)CN/C(=N\C(=O)c1nc(C)c(N)nc1N)N2. The number of nitrogens with zero attached hydrogens (tertiary/aromatic N) is 4. The molecule has 3 heterocycles. The fourth-order valence-corrected chi connectivity index (χ4v) is 4.74. The molecule has 1 aliphatic carbocycles. The van der Waals surface area contributed by atoms with Crippen LogP contribution in [0.2, 0.25) is 0 Å². The highest BCUT2D eigenvalue weighted by Crippen LogP contribution is 2.34. The maximum absolute atomic E-state index is 12.6. The van der Waals surface area contributed by atoms with Gasteiger partial charge in [-0.05, 0) is 38.5 Å². The Morgan fingerprint density at radius 2 is 1.87 bits per heavy atom. The molecule has 3 aliphatic rings. The van der Waals surface area contributed by atoms with E-state index in [1.165, 1.54) is 37.8 Å². The Bertz CT molecular complexity index is 866. The maximum Gasteiger partial charge on any atom is 0.302 e. The van der Waals surface area contributed by atoms with Crippen molar-refractivity contribution in [3.63, 3.8) is 0 Å². The summed E-state index contributed by atoms with van der Waals surface area (Å²) in [5.74, 6) is 0.796. The minimum Gasteiger partial charge on any atom is -0.382 e. The number of carbonyl (C=O) groups is 1. The Morgan fingerprint density at radius 1 is 1.17 bits per heavy atom. The Balaban J connectivity index is 1.37. The molecule has 30 heavy (non-hydrogen) atoms. The quantitative estimate of drug-likeness (QED) is 0.588. The molecule has 1 amide bonds. The number of hydrogen-bond donors (Lipinski definition) is 4. The van der Waals surface area contributed by atoms with Crippen molar-refractivity contribution in [2.45, 2.75) is 57.4 Å². The number of rotatable bonds is 3. The number of aliphatic imine (C=N–C) groups is 1. The van der Waals surface area contributed by atoms with Crippen molar-refractivity contribution < 1.29 is 4.79 Å². The number of piperidine rings is 1. The normalized spacial score (nSPS) is 22.7. The average Bonchev–Trinajstić information content (AvgIpc) is 3.13. The predicted octanol–water partition coefficient (Wildman–Crippen LogP) is 1.57. The number of anilines is 2. The van der Waals surface area contributed by atoms with Crippen molar-refractivity contribution >= 4 is 23.5 Å². The third-order valence-corrected chi connectivity index (χ3v) is 6.73. The van der Waals surface area contributed by atoms with Crippen LogP contribution in [0.3, 0.4) is 0 Å². The first-order chi connectivity index (χ1) is 14.4. The highest BCUT2D eigenvalue weighted by molar-refractivity contribution is 6.04. The van der Waals surface area contributed by atoms with E-state index in [0.29, 0.717) is 17.6 Å². The van der Waals surface area contributed by atoms with Gasteiger partial charge in [0.05, 0.1) is 11.2 Å². The van der Waals surface area contributed by atoms with Crippen molar-refractivity contribution in [3.8, 4) is 0 Å². The van der Waals surface area contributed by atoms with E-state index >= 15 is 0 Å². The monoisotopic (exact) mass is 412 g/mol. The highest BCUT2D eigenvalue weighted by atomic mass is 16.1. The van der Waals surface area contributed by atoms with Crippen LogP contribution in [0.25, 0.3) is 0 Å². The topological polar surface area (TPSA) is 135 Å². The molecule has 0 unspecified atom stereocenters. The molecule has 0 bridgehead atoms. The maximum atomic E-state index is 12.6. The van der Waals surface area contributed by atoms with Crippen LogP contribution in [0.5, 0.6) is 0 Å². The molecule has 9 nitrogen and oxygen atoms in total. The number of nitrogen functional groups attached to an aromatic ring is 2. The number of nitrogens with one attached hydrogen (secondary N) is 2. The van der Waals surface area contributed by atoms with Gasteiger partial charge in [-0.1, -0.05) is 25.8 Å². The summed E-state index contributed by atoms with van der Waals surface area (Å²) < 4.78 is 0. The number of aromatic nitrogens is 2. The first-order valence-electron chi connectivity index (χ1n) is 10.9. The molecule has 162 valence electrons. The van der Waals surface area contributed by atoms with Crippen LogP contribution in [0.4, 0.5) is 11.6 Å². The van der Waals surface area contributed by atoms with Crippen LogP contribution in [-0.2, 0) is 0 Å². The van der Waals surface area contributed by atoms with Gasteiger partial charge in [0.2, 0.25) is 0 Å². The predicted molar refractivity (Wildman–Crippen MR) is 118 cm³/mol. The van der Waals surface area contributed by atoms with Gasteiger partial charge in [0, 0.05) is 25.3 Å². The van der Waals surface area contributed by atoms with E-state index in [0.717, 1.165) is 32.5 Å². The van der Waals surface area contributed by atoms with E-state index in [1.807, 2.05) is 0 Å². The molecule has 0 atom stereocenters. The van der Waals surface area contributed by atoms with Crippen molar-refractivity contribution in [2.24, 2.45) is 10.9 Å². The van der Waals surface area contributed by atoms with E-state index in [2.05, 4.69) is 37.1 Å². The lowest BCUT2D eigenvalue weighted by Gasteiger charge is -2.42. The van der Waals surface area contributed by atoms with Gasteiger partial charge in [-0.3, -0.25) is 4.79 Å². The summed E-state index contributed by atoms with van der Waals surface area (Å²) in [7, 11) is 0. The number of allylic oxidation sites excluding steroid dienone is 1. The average molecular weight is 413 g/mol. The van der Waals surface area contributed by atoms with E-state index in [1.54, 1.807) is 6.92 Å². The summed E-state index contributed by atoms with van der Waals surface area (Å²) >= 11 is 0. The second-order valence-corrected chi connectivity index (χ2v) is 8.77. The van der Waals surface area contributed by atoms with Crippen LogP contribution < -0.4 is 22.1 Å². The van der Waals surface area contributed by atoms with Gasteiger partial charge < -0.3 is 27.0 Å². The standard InChI is InChI=1S/C21H32N8O/c1-13-17(22)26-18(23)16(25-13)19(30)27-20-24-12-21(28-20)8-10-29(11-9-21)14(2)15-6-4-3-5-7-15/h15H,2-12H2,1H3,(H4,22,23,26)(H2,24,27,28,30). The Kier molecular flexibility index (Phi) is 5.53. The molecule has 0 radical (unpaired) electrons. The first-order valence-corrected chi connectivity index (χ1v) is 10.9. The smallest absolute Gasteiger partial charge is 0.302 e. The fraction of sp³-hybridized carbons (Fsp3) is 0.619. The molecular formula is C21H32N8O. The number of guanidine groups is 1. The first kappa shape index (κ1) is 20.4. The van der Waals surface area contributed by atoms with Crippen LogP contribution in [0, 0.1) is 12.8 Å². The van der Waals surface area contributed by atoms with Gasteiger partial charge in [-0.25, -0.2) is 9.97 Å². The van der Waals surface area contributed by atoms with Crippen LogP contribution in [0.1, 0.15) is 61.1 Å². The summed E-state index contributed by atoms with van der Waals surface area (Å²) in [5.41, 5.74) is 13.2. The highest BCUT2D eigenvalue weighted by Gasteiger charge is 2.40. The van der Waals surface area contributed by atoms with Gasteiger partial charge in [-0.15, -0.1) is 0 Å². The zero-order valence-electron chi connectivity index (χ0n) is 17.7. The Hall–Kier alpha value is -2.84. The molecule has 2 saturated heterocycles. The number of hydrogen-bond acceptors (Lipinski definition) is 6. The van der Waals surface area contributed by atoms with Crippen molar-refractivity contribution in [3.05, 3.63) is 23.7 Å². The largest absolute Gasteiger partial charge is 0.382 e. The number of likely N-dealkylation sites (tertiary alicyclic amines) is 1. The summed E-state index contributed by atoms with van der Waals surface area (Å²) in [5, 5.41) is 6.67. The number of amides is 1. The second-order valence-electron chi connectivity index (χ2n) is 8.77. The molecule has 4 rings (SSSR count). The van der Waals surface area contributed by atoms with Crippen molar-refractivity contribution in [1.29, 1.82) is 0 Å². The summed E-state index contributed by atoms with van der Waals surface area (Å²) in [6.45, 7) is 8.78. The number of carbonyl (C=O) groups excluding carboxylic acids is 1. The van der Waals surface area contributed by atoms with Crippen molar-refractivity contribution in [1.82, 2.24) is 25.5 Å². The van der Waals surface area contributed by atoms with Crippen LogP contribution in [0.15, 0.2) is 17.3 Å². The van der Waals surface area contributed by atoms with E-state index in [4.69, 9.17) is 11.5 Å². The molecular weight excluding hydrogens is 380 g/mol. The minimum absolute atomic E-state index is 0.00491. The zero-order valence-corrected chi connectivity index (χ0v) is 17.7. The molecule has 0 aromatic carbocycles. The lowest BCUT2D eigenvalue weighted by molar-refractivity contribution is 0.0998. The lowest BCUT2D eigenvalue weighted by Crippen LogP contribution is -2.52. The van der Waals surface area contributed by atoms with Crippen LogP contribution in [-0.4, -0.2) is 51.9 Å². The second kappa shape index (κ2) is 8.12. The van der Waals surface area contributed by atoms with E-state index in [9.17, 15) is 4.79 Å². The van der Waals surface area contributed by atoms with Gasteiger partial charge in [0.1, 0.15) is 5.82 Å². The van der Waals surface area contributed by atoms with Gasteiger partial charge in [0.15, 0.2) is 17.5 Å². The van der Waals surface area contributed by atoms with Crippen molar-refractivity contribution in [2.75, 3.05) is 31.1 Å². The summed E-state index contributed by atoms with van der Waals surface area (Å²) in [4.78, 5) is 27.3. The minimum atomic E-state index is -0.529. The zero-order chi connectivity index (χ0) is 21.3. The molecule has 6 N–H and O–H groups in total. The third-order valence-electron chi connectivity index (χ3n) is 6.73. The Labute approximate surface area is 177 Å². The number of nitrogens with two attached hydrogens (primary N) is 2. The van der Waals surface area contributed by atoms with Gasteiger partial charge >= 0.3 is 5.91 Å². The molecule has 9 heteroatoms.